The monoisotopic (exact) mass is 323 g/mol. The van der Waals surface area contributed by atoms with Gasteiger partial charge in [0.2, 0.25) is 11.7 Å². The van der Waals surface area contributed by atoms with E-state index in [1.165, 1.54) is 0 Å². The molecule has 0 atom stereocenters. The van der Waals surface area contributed by atoms with Gasteiger partial charge >= 0.3 is 0 Å². The van der Waals surface area contributed by atoms with Crippen molar-refractivity contribution in [3.8, 4) is 5.75 Å². The van der Waals surface area contributed by atoms with Crippen molar-refractivity contribution < 1.29 is 14.1 Å². The summed E-state index contributed by atoms with van der Waals surface area (Å²) in [5.74, 6) is 1.13. The summed E-state index contributed by atoms with van der Waals surface area (Å²) in [6.07, 6.45) is 0. The van der Waals surface area contributed by atoms with E-state index in [0.717, 1.165) is 11.3 Å². The summed E-state index contributed by atoms with van der Waals surface area (Å²) in [5.41, 5.74) is 2.26. The summed E-state index contributed by atoms with van der Waals surface area (Å²) in [5, 5.41) is 6.64. The van der Waals surface area contributed by atoms with E-state index in [4.69, 9.17) is 9.26 Å². The van der Waals surface area contributed by atoms with Crippen molar-refractivity contribution in [1.82, 2.24) is 10.1 Å². The van der Waals surface area contributed by atoms with E-state index in [0.29, 0.717) is 23.0 Å². The van der Waals surface area contributed by atoms with Crippen molar-refractivity contribution in [3.63, 3.8) is 0 Å². The van der Waals surface area contributed by atoms with Crippen molar-refractivity contribution in [2.75, 3.05) is 5.32 Å². The molecule has 24 heavy (non-hydrogen) atoms. The van der Waals surface area contributed by atoms with E-state index in [1.807, 2.05) is 31.2 Å². The highest BCUT2D eigenvalue weighted by molar-refractivity contribution is 6.06. The second-order valence-corrected chi connectivity index (χ2v) is 5.34. The largest absolute Gasteiger partial charge is 0.485 e. The van der Waals surface area contributed by atoms with Crippen LogP contribution < -0.4 is 10.1 Å². The zero-order valence-electron chi connectivity index (χ0n) is 13.4. The lowest BCUT2D eigenvalue weighted by Crippen LogP contribution is -2.13. The summed E-state index contributed by atoms with van der Waals surface area (Å²) < 4.78 is 10.6. The topological polar surface area (TPSA) is 77.2 Å². The predicted octanol–water partition coefficient (Wildman–Crippen LogP) is 3.52. The molecule has 1 amide bonds. The molecule has 1 aromatic heterocycles. The minimum atomic E-state index is -0.236. The average molecular weight is 323 g/mol. The number of aromatic nitrogens is 2. The normalized spacial score (nSPS) is 10.4. The minimum Gasteiger partial charge on any atom is -0.485 e. The van der Waals surface area contributed by atoms with Gasteiger partial charge in [0.05, 0.1) is 5.56 Å². The summed E-state index contributed by atoms with van der Waals surface area (Å²) in [7, 11) is 0. The first-order valence-electron chi connectivity index (χ1n) is 7.51. The number of carbonyl (C=O) groups is 1. The fraction of sp³-hybridized carbons (Fsp3) is 0.167. The van der Waals surface area contributed by atoms with Crippen molar-refractivity contribution in [2.24, 2.45) is 0 Å². The number of ether oxygens (including phenoxy) is 1. The van der Waals surface area contributed by atoms with Crippen molar-refractivity contribution >= 4 is 11.6 Å². The summed E-state index contributed by atoms with van der Waals surface area (Å²) in [4.78, 5) is 16.6. The molecule has 0 radical (unpaired) electrons. The number of hydrogen-bond acceptors (Lipinski definition) is 5. The lowest BCUT2D eigenvalue weighted by molar-refractivity contribution is 0.102. The molecule has 0 unspecified atom stereocenters. The highest BCUT2D eigenvalue weighted by Gasteiger charge is 2.13. The van der Waals surface area contributed by atoms with Gasteiger partial charge in [-0.3, -0.25) is 4.79 Å². The molecule has 6 nitrogen and oxygen atoms in total. The molecule has 0 spiro atoms. The van der Waals surface area contributed by atoms with Crippen molar-refractivity contribution in [1.29, 1.82) is 0 Å². The molecule has 6 heteroatoms. The molecule has 0 aliphatic heterocycles. The van der Waals surface area contributed by atoms with Gasteiger partial charge in [0.25, 0.3) is 5.91 Å². The maximum Gasteiger partial charge on any atom is 0.259 e. The molecule has 1 N–H and O–H groups in total. The maximum atomic E-state index is 12.5. The average Bonchev–Trinajstić information content (AvgIpc) is 2.99. The number of aryl methyl sites for hydroxylation is 2. The van der Waals surface area contributed by atoms with Crippen LogP contribution in [0.2, 0.25) is 0 Å². The van der Waals surface area contributed by atoms with Crippen LogP contribution in [0.4, 0.5) is 5.69 Å². The van der Waals surface area contributed by atoms with Crippen molar-refractivity contribution in [3.05, 3.63) is 71.4 Å². The number of carbonyl (C=O) groups excluding carboxylic acids is 1. The molecule has 0 aliphatic carbocycles. The van der Waals surface area contributed by atoms with E-state index in [1.54, 1.807) is 31.2 Å². The maximum absolute atomic E-state index is 12.5. The second-order valence-electron chi connectivity index (χ2n) is 5.34. The molecule has 1 heterocycles. The Morgan fingerprint density at radius 2 is 2.00 bits per heavy atom. The molecule has 0 aliphatic rings. The molecule has 0 fully saturated rings. The van der Waals surface area contributed by atoms with Crippen LogP contribution in [0.3, 0.4) is 0 Å². The number of nitrogens with one attached hydrogen (secondary N) is 1. The van der Waals surface area contributed by atoms with Gasteiger partial charge < -0.3 is 14.6 Å². The summed E-state index contributed by atoms with van der Waals surface area (Å²) in [6, 6.07) is 14.7. The number of amides is 1. The quantitative estimate of drug-likeness (QED) is 0.777. The Balaban J connectivity index is 1.74. The van der Waals surface area contributed by atoms with Gasteiger partial charge in [-0.05, 0) is 36.8 Å². The molecule has 0 saturated carbocycles. The Morgan fingerprint density at radius 1 is 1.17 bits per heavy atom. The molecule has 3 aromatic rings. The third-order valence-corrected chi connectivity index (χ3v) is 3.33. The molecule has 122 valence electrons. The Labute approximate surface area is 139 Å². The van der Waals surface area contributed by atoms with Gasteiger partial charge in [-0.15, -0.1) is 0 Å². The molecular formula is C18H17N3O3. The van der Waals surface area contributed by atoms with E-state index < -0.39 is 0 Å². The zero-order chi connectivity index (χ0) is 16.9. The highest BCUT2D eigenvalue weighted by Crippen LogP contribution is 2.21. The van der Waals surface area contributed by atoms with Crippen LogP contribution in [-0.2, 0) is 6.61 Å². The Hall–Kier alpha value is -3.15. The van der Waals surface area contributed by atoms with E-state index in [9.17, 15) is 4.79 Å². The molecular weight excluding hydrogens is 306 g/mol. The van der Waals surface area contributed by atoms with Gasteiger partial charge in [-0.2, -0.15) is 4.98 Å². The number of nitrogens with zero attached hydrogens (tertiary/aromatic N) is 2. The van der Waals surface area contributed by atoms with Crippen LogP contribution in [0, 0.1) is 13.8 Å². The van der Waals surface area contributed by atoms with Crippen molar-refractivity contribution in [2.45, 2.75) is 20.5 Å². The van der Waals surface area contributed by atoms with Crippen LogP contribution in [0.5, 0.6) is 5.75 Å². The van der Waals surface area contributed by atoms with E-state index >= 15 is 0 Å². The number of hydrogen-bond donors (Lipinski definition) is 1. The Bertz CT molecular complexity index is 858. The molecule has 3 rings (SSSR count). The summed E-state index contributed by atoms with van der Waals surface area (Å²) >= 11 is 0. The minimum absolute atomic E-state index is 0.131. The smallest absolute Gasteiger partial charge is 0.259 e. The van der Waals surface area contributed by atoms with Crippen LogP contribution in [0.25, 0.3) is 0 Å². The van der Waals surface area contributed by atoms with E-state index in [2.05, 4.69) is 15.5 Å². The standard InChI is InChI=1S/C18H17N3O3/c1-12-6-5-7-14(10-12)20-18(22)15-8-3-4-9-16(15)23-11-17-19-13(2)24-21-17/h3-10H,11H2,1-2H3,(H,20,22). The van der Waals surface area contributed by atoms with Crippen LogP contribution in [-0.4, -0.2) is 16.0 Å². The number of para-hydroxylation sites is 1. The van der Waals surface area contributed by atoms with Crippen LogP contribution in [0.15, 0.2) is 53.1 Å². The molecule has 0 saturated heterocycles. The highest BCUT2D eigenvalue weighted by atomic mass is 16.5. The fourth-order valence-electron chi connectivity index (χ4n) is 2.24. The van der Waals surface area contributed by atoms with Gasteiger partial charge in [0, 0.05) is 12.6 Å². The van der Waals surface area contributed by atoms with Gasteiger partial charge in [-0.1, -0.05) is 29.4 Å². The third-order valence-electron chi connectivity index (χ3n) is 3.33. The van der Waals surface area contributed by atoms with E-state index in [-0.39, 0.29) is 12.5 Å². The molecule has 2 aromatic carbocycles. The van der Waals surface area contributed by atoms with Crippen LogP contribution >= 0.6 is 0 Å². The predicted molar refractivity (Wildman–Crippen MR) is 88.9 cm³/mol. The van der Waals surface area contributed by atoms with Gasteiger partial charge in [0.15, 0.2) is 6.61 Å². The number of benzene rings is 2. The zero-order valence-corrected chi connectivity index (χ0v) is 13.4. The first-order chi connectivity index (χ1) is 11.6. The van der Waals surface area contributed by atoms with Gasteiger partial charge in [-0.25, -0.2) is 0 Å². The SMILES string of the molecule is Cc1cccc(NC(=O)c2ccccc2OCc2noc(C)n2)c1. The number of rotatable bonds is 5. The second kappa shape index (κ2) is 6.95. The Morgan fingerprint density at radius 3 is 2.75 bits per heavy atom. The first-order valence-corrected chi connectivity index (χ1v) is 7.51. The van der Waals surface area contributed by atoms with Crippen LogP contribution in [0.1, 0.15) is 27.6 Å². The first kappa shape index (κ1) is 15.7. The summed E-state index contributed by atoms with van der Waals surface area (Å²) in [6.45, 7) is 3.81. The lowest BCUT2D eigenvalue weighted by Gasteiger charge is -2.11. The Kier molecular flexibility index (Phi) is 4.56. The van der Waals surface area contributed by atoms with Gasteiger partial charge in [0.1, 0.15) is 5.75 Å². The third kappa shape index (κ3) is 3.78. The number of anilines is 1. The molecule has 0 bridgehead atoms. The fourth-order valence-corrected chi connectivity index (χ4v) is 2.24. The lowest BCUT2D eigenvalue weighted by atomic mass is 10.1.